The second kappa shape index (κ2) is 13.6. The number of thiophene rings is 2. The minimum atomic E-state index is 0.835. The summed E-state index contributed by atoms with van der Waals surface area (Å²) in [4.78, 5) is 0. The van der Waals surface area contributed by atoms with E-state index in [2.05, 4.69) is 136 Å². The zero-order valence-electron chi connectivity index (χ0n) is 31.3. The highest BCUT2D eigenvalue weighted by molar-refractivity contribution is 7.26. The van der Waals surface area contributed by atoms with Gasteiger partial charge in [0, 0.05) is 40.3 Å². The van der Waals surface area contributed by atoms with Crippen LogP contribution in [0.15, 0.2) is 115 Å². The molecule has 0 N–H and O–H groups in total. The topological polar surface area (TPSA) is 0 Å². The van der Waals surface area contributed by atoms with Gasteiger partial charge in [-0.1, -0.05) is 96.6 Å². The van der Waals surface area contributed by atoms with E-state index in [1.165, 1.54) is 114 Å². The number of fused-ring (bicyclic) bond motifs is 10. The second-order valence-corrected chi connectivity index (χ2v) is 18.5. The molecule has 0 saturated heterocycles. The molecule has 0 radical (unpaired) electrons. The average molecular weight is 725 g/mol. The van der Waals surface area contributed by atoms with Crippen LogP contribution in [0.1, 0.15) is 114 Å². The molecule has 0 amide bonds. The third kappa shape index (κ3) is 5.85. The van der Waals surface area contributed by atoms with Crippen LogP contribution in [0.2, 0.25) is 0 Å². The lowest BCUT2D eigenvalue weighted by Crippen LogP contribution is -2.28. The molecule has 6 aliphatic rings. The van der Waals surface area contributed by atoms with Gasteiger partial charge in [-0.2, -0.15) is 0 Å². The molecule has 6 aliphatic carbocycles. The van der Waals surface area contributed by atoms with E-state index in [1.54, 1.807) is 27.8 Å². The zero-order chi connectivity index (χ0) is 35.6. The highest BCUT2D eigenvalue weighted by atomic mass is 32.1. The van der Waals surface area contributed by atoms with Gasteiger partial charge in [0.2, 0.25) is 0 Å². The van der Waals surface area contributed by atoms with Crippen LogP contribution < -0.4 is 0 Å². The van der Waals surface area contributed by atoms with Gasteiger partial charge in [0.15, 0.2) is 0 Å². The van der Waals surface area contributed by atoms with Crippen molar-refractivity contribution in [3.8, 4) is 11.1 Å². The van der Waals surface area contributed by atoms with Crippen molar-refractivity contribution in [2.45, 2.75) is 95.8 Å². The molecule has 2 saturated carbocycles. The molecule has 264 valence electrons. The first kappa shape index (κ1) is 33.3. The fourth-order valence-electron chi connectivity index (χ4n) is 10.5. The van der Waals surface area contributed by atoms with Gasteiger partial charge in [0.1, 0.15) is 0 Å². The van der Waals surface area contributed by atoms with Gasteiger partial charge in [-0.05, 0) is 165 Å². The van der Waals surface area contributed by atoms with Gasteiger partial charge in [0.25, 0.3) is 0 Å². The molecule has 2 heteroatoms. The van der Waals surface area contributed by atoms with Gasteiger partial charge >= 0.3 is 0 Å². The van der Waals surface area contributed by atoms with E-state index in [1.807, 2.05) is 22.7 Å². The largest absolute Gasteiger partial charge is 0.135 e. The van der Waals surface area contributed by atoms with Gasteiger partial charge in [-0.25, -0.2) is 0 Å². The second-order valence-electron chi connectivity index (χ2n) is 16.4. The van der Waals surface area contributed by atoms with Crippen molar-refractivity contribution in [1.82, 2.24) is 0 Å². The highest BCUT2D eigenvalue weighted by Gasteiger charge is 2.41. The first-order chi connectivity index (χ1) is 26.0. The van der Waals surface area contributed by atoms with Crippen LogP contribution in [-0.4, -0.2) is 0 Å². The number of hydrogen-bond donors (Lipinski definition) is 0. The first-order valence-corrected chi connectivity index (χ1v) is 21.7. The van der Waals surface area contributed by atoms with Gasteiger partial charge in [-0.15, -0.1) is 22.7 Å². The standard InChI is InChI=1S/C25H28.2C13H10S/c1-15-2-4-20(5-3-15)25-23-18-10-6-16(7-11-18)21(23)14-22-17-8-12-19(13-9-17)24(22)25;1-9-5-4-8-12-13(9)10-6-2-3-7-11(10)14-12;1-9-6-7-11-10-4-2-3-5-12(10)14-13(11)8-9/h2-5,14,16-19H,6-13H2,1H3;2*2-8H,1H3. The van der Waals surface area contributed by atoms with E-state index in [4.69, 9.17) is 0 Å². The Hall–Kier alpha value is -4.24. The molecule has 2 aromatic heterocycles. The van der Waals surface area contributed by atoms with Crippen molar-refractivity contribution in [3.05, 3.63) is 154 Å². The smallest absolute Gasteiger partial charge is 0.0358 e. The van der Waals surface area contributed by atoms with Crippen LogP contribution in [0.4, 0.5) is 0 Å². The highest BCUT2D eigenvalue weighted by Crippen LogP contribution is 2.59. The maximum Gasteiger partial charge on any atom is 0.0358 e. The predicted molar refractivity (Wildman–Crippen MR) is 233 cm³/mol. The Morgan fingerprint density at radius 2 is 0.925 bits per heavy atom. The fourth-order valence-corrected chi connectivity index (χ4v) is 12.9. The Labute approximate surface area is 322 Å². The molecule has 0 unspecified atom stereocenters. The molecule has 0 spiro atoms. The normalized spacial score (nSPS) is 20.9. The van der Waals surface area contributed by atoms with Crippen LogP contribution in [0.25, 0.3) is 51.5 Å². The summed E-state index contributed by atoms with van der Waals surface area (Å²) >= 11 is 3.75. The number of rotatable bonds is 1. The van der Waals surface area contributed by atoms with E-state index in [0.717, 1.165) is 23.7 Å². The minimum absolute atomic E-state index is 0.835. The fraction of sp³-hybridized carbons (Fsp3) is 0.294. The Kier molecular flexibility index (Phi) is 8.53. The van der Waals surface area contributed by atoms with Gasteiger partial charge < -0.3 is 0 Å². The molecule has 6 aromatic carbocycles. The molecule has 14 rings (SSSR count). The SMILES string of the molecule is Cc1ccc(-c2c3c(cc4c2C2CCC4CC2)C2CCC3CC2)cc1.Cc1ccc2c(c1)sc1ccccc12.Cc1cccc2sc3ccccc3c12. The molecule has 53 heavy (non-hydrogen) atoms. The maximum absolute atomic E-state index is 2.72. The Morgan fingerprint density at radius 1 is 0.415 bits per heavy atom. The van der Waals surface area contributed by atoms with Crippen molar-refractivity contribution in [2.24, 2.45) is 0 Å². The third-order valence-electron chi connectivity index (χ3n) is 13.1. The molecular formula is C51H48S2. The van der Waals surface area contributed by atoms with Crippen LogP contribution >= 0.6 is 22.7 Å². The summed E-state index contributed by atoms with van der Waals surface area (Å²) in [5.41, 5.74) is 14.4. The lowest BCUT2D eigenvalue weighted by Gasteiger charge is -2.46. The lowest BCUT2D eigenvalue weighted by molar-refractivity contribution is 0.342. The zero-order valence-corrected chi connectivity index (χ0v) is 32.9. The first-order valence-electron chi connectivity index (χ1n) is 20.0. The van der Waals surface area contributed by atoms with Crippen LogP contribution in [-0.2, 0) is 0 Å². The maximum atomic E-state index is 2.72. The number of aryl methyl sites for hydroxylation is 3. The molecule has 2 fully saturated rings. The Morgan fingerprint density at radius 3 is 1.58 bits per heavy atom. The summed E-state index contributed by atoms with van der Waals surface area (Å²) in [6.45, 7) is 6.54. The predicted octanol–water partition coefficient (Wildman–Crippen LogP) is 15.9. The van der Waals surface area contributed by atoms with Gasteiger partial charge in [0.05, 0.1) is 0 Å². The van der Waals surface area contributed by atoms with E-state index in [9.17, 15) is 0 Å². The molecule has 0 atom stereocenters. The summed E-state index contributed by atoms with van der Waals surface area (Å²) in [6, 6.07) is 42.6. The van der Waals surface area contributed by atoms with E-state index in [-0.39, 0.29) is 0 Å². The van der Waals surface area contributed by atoms with Crippen LogP contribution in [0.5, 0.6) is 0 Å². The van der Waals surface area contributed by atoms with Crippen molar-refractivity contribution in [1.29, 1.82) is 0 Å². The van der Waals surface area contributed by atoms with E-state index in [0.29, 0.717) is 0 Å². The Balaban J connectivity index is 0.000000107. The van der Waals surface area contributed by atoms with E-state index < -0.39 is 0 Å². The number of hydrogen-bond acceptors (Lipinski definition) is 2. The summed E-state index contributed by atoms with van der Waals surface area (Å²) in [5, 5.41) is 5.59. The third-order valence-corrected chi connectivity index (χ3v) is 15.4. The van der Waals surface area contributed by atoms with Crippen molar-refractivity contribution in [2.75, 3.05) is 0 Å². The molecule has 2 heterocycles. The van der Waals surface area contributed by atoms with Crippen LogP contribution in [0.3, 0.4) is 0 Å². The van der Waals surface area contributed by atoms with Gasteiger partial charge in [-0.3, -0.25) is 0 Å². The quantitative estimate of drug-likeness (QED) is 0.158. The van der Waals surface area contributed by atoms with Crippen molar-refractivity contribution >= 4 is 63.0 Å². The molecule has 8 aromatic rings. The summed E-state index contributed by atoms with van der Waals surface area (Å²) < 4.78 is 5.56. The van der Waals surface area contributed by atoms with Crippen LogP contribution in [0, 0.1) is 20.8 Å². The summed E-state index contributed by atoms with van der Waals surface area (Å²) in [6.07, 6.45) is 11.5. The molecule has 0 nitrogen and oxygen atoms in total. The van der Waals surface area contributed by atoms with Crippen molar-refractivity contribution < 1.29 is 0 Å². The van der Waals surface area contributed by atoms with E-state index >= 15 is 0 Å². The summed E-state index contributed by atoms with van der Waals surface area (Å²) in [7, 11) is 0. The molecule has 0 aliphatic heterocycles. The minimum Gasteiger partial charge on any atom is -0.135 e. The van der Waals surface area contributed by atoms with Crippen molar-refractivity contribution in [3.63, 3.8) is 0 Å². The molecular weight excluding hydrogens is 677 g/mol. The Bertz CT molecular complexity index is 2570. The average Bonchev–Trinajstić information content (AvgIpc) is 3.77. The monoisotopic (exact) mass is 724 g/mol. The number of benzene rings is 6. The molecule has 4 bridgehead atoms. The summed E-state index contributed by atoms with van der Waals surface area (Å²) in [5.74, 6) is 3.38. The lowest BCUT2D eigenvalue weighted by atomic mass is 9.59.